The van der Waals surface area contributed by atoms with E-state index in [-0.39, 0.29) is 36.2 Å². The van der Waals surface area contributed by atoms with Crippen LogP contribution in [-0.4, -0.2) is 27.7 Å². The SMILES string of the molecule is CCOP(=O)(OCC)c1nc(Cl)cn(Cc2ccccc2[N+](=O)[O-])c1=O. The predicted molar refractivity (Wildman–Crippen MR) is 96.2 cm³/mol. The fraction of sp³-hybridized carbons (Fsp3) is 0.333. The van der Waals surface area contributed by atoms with E-state index in [0.29, 0.717) is 0 Å². The zero-order valence-corrected chi connectivity index (χ0v) is 15.8. The molecule has 0 unspecified atom stereocenters. The van der Waals surface area contributed by atoms with Gasteiger partial charge in [-0.2, -0.15) is 0 Å². The Morgan fingerprint density at radius 1 is 1.27 bits per heavy atom. The van der Waals surface area contributed by atoms with Crippen LogP contribution in [0.4, 0.5) is 5.69 Å². The average molecular weight is 402 g/mol. The summed E-state index contributed by atoms with van der Waals surface area (Å²) >= 11 is 5.96. The van der Waals surface area contributed by atoms with Gasteiger partial charge in [-0.05, 0) is 13.8 Å². The first-order chi connectivity index (χ1) is 12.3. The summed E-state index contributed by atoms with van der Waals surface area (Å²) in [6.07, 6.45) is 1.21. The van der Waals surface area contributed by atoms with Crippen LogP contribution in [-0.2, 0) is 20.2 Å². The van der Waals surface area contributed by atoms with Crippen molar-refractivity contribution in [3.63, 3.8) is 0 Å². The lowest BCUT2D eigenvalue weighted by Gasteiger charge is -2.17. The van der Waals surface area contributed by atoms with Crippen molar-refractivity contribution < 1.29 is 18.5 Å². The number of nitrogens with zero attached hydrogens (tertiary/aromatic N) is 3. The summed E-state index contributed by atoms with van der Waals surface area (Å²) in [6, 6.07) is 5.98. The molecule has 140 valence electrons. The van der Waals surface area contributed by atoms with Crippen LogP contribution in [0, 0.1) is 10.1 Å². The molecule has 11 heteroatoms. The number of nitro groups is 1. The molecule has 0 radical (unpaired) electrons. The summed E-state index contributed by atoms with van der Waals surface area (Å²) < 4.78 is 24.3. The molecule has 0 spiro atoms. The first-order valence-corrected chi connectivity index (χ1v) is 9.63. The molecule has 0 aliphatic rings. The maximum atomic E-state index is 12.9. The van der Waals surface area contributed by atoms with Gasteiger partial charge in [-0.1, -0.05) is 29.8 Å². The minimum Gasteiger partial charge on any atom is -0.306 e. The Kier molecular flexibility index (Phi) is 6.66. The Labute approximate surface area is 154 Å². The average Bonchev–Trinajstić information content (AvgIpc) is 2.58. The van der Waals surface area contributed by atoms with Crippen molar-refractivity contribution in [1.82, 2.24) is 9.55 Å². The van der Waals surface area contributed by atoms with Crippen LogP contribution < -0.4 is 11.0 Å². The van der Waals surface area contributed by atoms with Crippen molar-refractivity contribution in [3.05, 3.63) is 61.6 Å². The number of aromatic nitrogens is 2. The molecule has 0 atom stereocenters. The van der Waals surface area contributed by atoms with Crippen molar-refractivity contribution in [3.8, 4) is 0 Å². The zero-order valence-electron chi connectivity index (χ0n) is 14.1. The van der Waals surface area contributed by atoms with Crippen LogP contribution in [0.1, 0.15) is 19.4 Å². The van der Waals surface area contributed by atoms with Gasteiger partial charge in [0.05, 0.1) is 24.7 Å². The van der Waals surface area contributed by atoms with Crippen LogP contribution in [0.15, 0.2) is 35.3 Å². The Morgan fingerprint density at radius 3 is 2.46 bits per heavy atom. The molecule has 0 aliphatic heterocycles. The Bertz CT molecular complexity index is 906. The minimum absolute atomic E-state index is 0.0368. The van der Waals surface area contributed by atoms with E-state index in [4.69, 9.17) is 20.6 Å². The fourth-order valence-corrected chi connectivity index (χ4v) is 4.15. The predicted octanol–water partition coefficient (Wildman–Crippen LogP) is 2.74. The highest BCUT2D eigenvalue weighted by molar-refractivity contribution is 7.61. The van der Waals surface area contributed by atoms with Gasteiger partial charge in [-0.15, -0.1) is 0 Å². The number of halogens is 1. The smallest absolute Gasteiger partial charge is 0.306 e. The molecule has 0 saturated heterocycles. The third kappa shape index (κ3) is 4.37. The molecule has 1 aromatic heterocycles. The lowest BCUT2D eigenvalue weighted by atomic mass is 10.2. The molecule has 0 N–H and O–H groups in total. The number of para-hydroxylation sites is 1. The summed E-state index contributed by atoms with van der Waals surface area (Å²) in [5, 5.41) is 11.0. The summed E-state index contributed by atoms with van der Waals surface area (Å²) in [7, 11) is -3.96. The van der Waals surface area contributed by atoms with Crippen LogP contribution in [0.5, 0.6) is 0 Å². The number of hydrogen-bond acceptors (Lipinski definition) is 7. The van der Waals surface area contributed by atoms with E-state index >= 15 is 0 Å². The van der Waals surface area contributed by atoms with Crippen LogP contribution in [0.3, 0.4) is 0 Å². The Balaban J connectivity index is 2.56. The van der Waals surface area contributed by atoms with E-state index < -0.39 is 23.5 Å². The van der Waals surface area contributed by atoms with Gasteiger partial charge in [0, 0.05) is 17.8 Å². The standard InChI is InChI=1S/C15H17ClN3O6P/c1-3-24-26(23,25-4-2)14-15(20)18(10-13(16)17-14)9-11-7-5-6-8-12(11)19(21)22/h5-8,10H,3-4,9H2,1-2H3. The van der Waals surface area contributed by atoms with Crippen molar-refractivity contribution in [2.24, 2.45) is 0 Å². The van der Waals surface area contributed by atoms with Gasteiger partial charge >= 0.3 is 7.60 Å². The van der Waals surface area contributed by atoms with Gasteiger partial charge in [0.2, 0.25) is 5.44 Å². The highest BCUT2D eigenvalue weighted by Crippen LogP contribution is 2.45. The molecular weight excluding hydrogens is 385 g/mol. The maximum absolute atomic E-state index is 12.9. The molecule has 2 aromatic rings. The highest BCUT2D eigenvalue weighted by Gasteiger charge is 2.33. The van der Waals surface area contributed by atoms with E-state index in [9.17, 15) is 19.5 Å². The number of nitro benzene ring substituents is 1. The van der Waals surface area contributed by atoms with Crippen molar-refractivity contribution >= 4 is 30.3 Å². The molecule has 0 saturated carbocycles. The zero-order chi connectivity index (χ0) is 19.3. The summed E-state index contributed by atoms with van der Waals surface area (Å²) in [5.74, 6) is 0. The maximum Gasteiger partial charge on any atom is 0.385 e. The molecule has 0 fully saturated rings. The fourth-order valence-electron chi connectivity index (χ4n) is 2.29. The molecule has 26 heavy (non-hydrogen) atoms. The molecule has 1 heterocycles. The first-order valence-electron chi connectivity index (χ1n) is 7.71. The lowest BCUT2D eigenvalue weighted by Crippen LogP contribution is -2.37. The molecular formula is C15H17ClN3O6P. The topological polar surface area (TPSA) is 114 Å². The molecule has 9 nitrogen and oxygen atoms in total. The number of benzene rings is 1. The largest absolute Gasteiger partial charge is 0.385 e. The van der Waals surface area contributed by atoms with E-state index in [2.05, 4.69) is 4.98 Å². The third-order valence-corrected chi connectivity index (χ3v) is 5.50. The molecule has 0 bridgehead atoms. The summed E-state index contributed by atoms with van der Waals surface area (Å²) in [4.78, 5) is 27.2. The summed E-state index contributed by atoms with van der Waals surface area (Å²) in [5.41, 5.74) is -1.06. The molecule has 1 aromatic carbocycles. The van der Waals surface area contributed by atoms with Gasteiger partial charge in [-0.3, -0.25) is 19.5 Å². The van der Waals surface area contributed by atoms with E-state index in [1.54, 1.807) is 19.9 Å². The van der Waals surface area contributed by atoms with Gasteiger partial charge in [0.15, 0.2) is 0 Å². The second-order valence-corrected chi connectivity index (χ2v) is 7.36. The summed E-state index contributed by atoms with van der Waals surface area (Å²) in [6.45, 7) is 3.12. The monoisotopic (exact) mass is 401 g/mol. The second kappa shape index (κ2) is 8.55. The minimum atomic E-state index is -3.96. The van der Waals surface area contributed by atoms with Crippen LogP contribution >= 0.6 is 19.2 Å². The quantitative estimate of drug-likeness (QED) is 0.379. The second-order valence-electron chi connectivity index (χ2n) is 5.04. The Morgan fingerprint density at radius 2 is 1.88 bits per heavy atom. The van der Waals surface area contributed by atoms with Gasteiger partial charge in [0.1, 0.15) is 5.15 Å². The lowest BCUT2D eigenvalue weighted by molar-refractivity contribution is -0.385. The number of hydrogen-bond donors (Lipinski definition) is 0. The molecule has 0 amide bonds. The molecule has 0 aliphatic carbocycles. The van der Waals surface area contributed by atoms with Crippen LogP contribution in [0.2, 0.25) is 5.15 Å². The van der Waals surface area contributed by atoms with Crippen molar-refractivity contribution in [2.45, 2.75) is 20.4 Å². The van der Waals surface area contributed by atoms with Crippen LogP contribution in [0.25, 0.3) is 0 Å². The van der Waals surface area contributed by atoms with Gasteiger partial charge in [-0.25, -0.2) is 4.98 Å². The molecule has 2 rings (SSSR count). The van der Waals surface area contributed by atoms with Crippen molar-refractivity contribution in [1.29, 1.82) is 0 Å². The van der Waals surface area contributed by atoms with E-state index in [0.717, 1.165) is 4.57 Å². The van der Waals surface area contributed by atoms with Gasteiger partial charge < -0.3 is 13.6 Å². The third-order valence-electron chi connectivity index (χ3n) is 3.31. The number of rotatable bonds is 8. The van der Waals surface area contributed by atoms with E-state index in [1.165, 1.54) is 24.4 Å². The Hall–Kier alpha value is -2.06. The first kappa shape index (κ1) is 20.3. The highest BCUT2D eigenvalue weighted by atomic mass is 35.5. The van der Waals surface area contributed by atoms with E-state index in [1.807, 2.05) is 0 Å². The van der Waals surface area contributed by atoms with Gasteiger partial charge in [0.25, 0.3) is 11.2 Å². The normalized spacial score (nSPS) is 11.5. The van der Waals surface area contributed by atoms with Crippen molar-refractivity contribution in [2.75, 3.05) is 13.2 Å².